The number of carbonyl (C=O) groups is 3. The van der Waals surface area contributed by atoms with Gasteiger partial charge in [-0.2, -0.15) is 24.9 Å². The molecule has 1 heterocycles. The Hall–Kier alpha value is -4.77. The van der Waals surface area contributed by atoms with E-state index >= 15 is 0 Å². The zero-order chi connectivity index (χ0) is 35.7. The van der Waals surface area contributed by atoms with Crippen molar-refractivity contribution in [2.24, 2.45) is 5.92 Å². The van der Waals surface area contributed by atoms with E-state index in [9.17, 15) is 27.6 Å². The first kappa shape index (κ1) is 36.5. The number of carbonyl (C=O) groups excluding carboxylic acids is 3. The molecule has 0 saturated carbocycles. The smallest absolute Gasteiger partial charge is 0.416 e. The molecule has 0 aromatic heterocycles. The molecular weight excluding hydrogens is 664 g/mol. The topological polar surface area (TPSA) is 87.7 Å². The Kier molecular flexibility index (Phi) is 12.2. The Labute approximate surface area is 294 Å². The molecule has 1 saturated heterocycles. The van der Waals surface area contributed by atoms with Crippen molar-refractivity contribution < 1.29 is 32.3 Å². The van der Waals surface area contributed by atoms with Crippen LogP contribution in [0.2, 0.25) is 0 Å². The molecule has 0 bridgehead atoms. The molecular formula is C39H40F3N3O4S. The number of amides is 2. The van der Waals surface area contributed by atoms with Gasteiger partial charge in [-0.1, -0.05) is 60.7 Å². The maximum Gasteiger partial charge on any atom is 0.416 e. The Morgan fingerprint density at radius 2 is 1.52 bits per heavy atom. The Morgan fingerprint density at radius 3 is 2.14 bits per heavy atom. The van der Waals surface area contributed by atoms with Crippen molar-refractivity contribution in [2.45, 2.75) is 37.4 Å². The molecule has 2 unspecified atom stereocenters. The molecule has 2 atom stereocenters. The standard InChI is InChI=1S/C39H40F3N3O4S/c1-49-38(48)34(22-25-50-2)44-37(47)35(27-8-4-3-5-9-27)28-20-23-45(24-21-28)31-18-16-30(17-19-31)43-36(46)33-11-7-6-10-32(33)26-12-14-29(15-13-26)39(40,41)42/h3-19,28,34-35H,20-25H2,1-2H3,(H,43,46)(H,44,47). The average molecular weight is 704 g/mol. The third-order valence-electron chi connectivity index (χ3n) is 9.05. The number of piperidine rings is 1. The maximum absolute atomic E-state index is 13.8. The number of thioether (sulfide) groups is 1. The molecule has 4 aromatic carbocycles. The number of hydrogen-bond donors (Lipinski definition) is 2. The van der Waals surface area contributed by atoms with Gasteiger partial charge in [-0.15, -0.1) is 0 Å². The molecule has 262 valence electrons. The second kappa shape index (κ2) is 16.8. The highest BCUT2D eigenvalue weighted by Gasteiger charge is 2.35. The van der Waals surface area contributed by atoms with Crippen molar-refractivity contribution in [3.8, 4) is 11.1 Å². The summed E-state index contributed by atoms with van der Waals surface area (Å²) in [7, 11) is 1.33. The SMILES string of the molecule is COC(=O)C(CCSC)NC(=O)C(c1ccccc1)C1CCN(c2ccc(NC(=O)c3ccccc3-c3ccc(C(F)(F)F)cc3)cc2)CC1. The minimum atomic E-state index is -4.44. The van der Waals surface area contributed by atoms with Gasteiger partial charge in [0, 0.05) is 30.0 Å². The van der Waals surface area contributed by atoms with Crippen LogP contribution in [-0.2, 0) is 20.5 Å². The fourth-order valence-electron chi connectivity index (χ4n) is 6.40. The van der Waals surface area contributed by atoms with Gasteiger partial charge in [-0.05, 0) is 96.3 Å². The fourth-order valence-corrected chi connectivity index (χ4v) is 6.87. The number of ether oxygens (including phenoxy) is 1. The summed E-state index contributed by atoms with van der Waals surface area (Å²) in [5.41, 5.74) is 3.11. The molecule has 2 N–H and O–H groups in total. The van der Waals surface area contributed by atoms with Crippen molar-refractivity contribution in [3.05, 3.63) is 120 Å². The lowest BCUT2D eigenvalue weighted by Crippen LogP contribution is -2.46. The van der Waals surface area contributed by atoms with Crippen molar-refractivity contribution in [2.75, 3.05) is 42.4 Å². The highest BCUT2D eigenvalue weighted by Crippen LogP contribution is 2.36. The van der Waals surface area contributed by atoms with Crippen LogP contribution in [0.3, 0.4) is 0 Å². The average Bonchev–Trinajstić information content (AvgIpc) is 3.14. The van der Waals surface area contributed by atoms with Gasteiger partial charge in [0.15, 0.2) is 0 Å². The van der Waals surface area contributed by atoms with Gasteiger partial charge in [-0.25, -0.2) is 4.79 Å². The molecule has 0 spiro atoms. The van der Waals surface area contributed by atoms with Crippen molar-refractivity contribution in [1.29, 1.82) is 0 Å². The zero-order valence-electron chi connectivity index (χ0n) is 27.9. The highest BCUT2D eigenvalue weighted by atomic mass is 32.2. The van der Waals surface area contributed by atoms with Crippen molar-refractivity contribution in [3.63, 3.8) is 0 Å². The Bertz CT molecular complexity index is 1740. The van der Waals surface area contributed by atoms with E-state index < -0.39 is 29.7 Å². The number of benzene rings is 4. The summed E-state index contributed by atoms with van der Waals surface area (Å²) >= 11 is 1.60. The zero-order valence-corrected chi connectivity index (χ0v) is 28.7. The van der Waals surface area contributed by atoms with Crippen LogP contribution in [0, 0.1) is 5.92 Å². The summed E-state index contributed by atoms with van der Waals surface area (Å²) in [5, 5.41) is 5.89. The monoisotopic (exact) mass is 703 g/mol. The van der Waals surface area contributed by atoms with Crippen LogP contribution in [-0.4, -0.2) is 56.0 Å². The predicted octanol–water partition coefficient (Wildman–Crippen LogP) is 8.04. The van der Waals surface area contributed by atoms with Crippen molar-refractivity contribution >= 4 is 40.9 Å². The summed E-state index contributed by atoms with van der Waals surface area (Å²) in [5.74, 6) is -0.628. The van der Waals surface area contributed by atoms with Crippen molar-refractivity contribution in [1.82, 2.24) is 5.32 Å². The molecule has 0 radical (unpaired) electrons. The van der Waals surface area contributed by atoms with E-state index in [4.69, 9.17) is 4.74 Å². The largest absolute Gasteiger partial charge is 0.467 e. The van der Waals surface area contributed by atoms with E-state index in [2.05, 4.69) is 15.5 Å². The molecule has 4 aromatic rings. The van der Waals surface area contributed by atoms with Crippen LogP contribution < -0.4 is 15.5 Å². The van der Waals surface area contributed by atoms with E-state index in [0.717, 1.165) is 49.3 Å². The summed E-state index contributed by atoms with van der Waals surface area (Å²) in [6.07, 6.45) is -0.473. The number of esters is 1. The normalized spacial score (nSPS) is 14.8. The molecule has 2 amide bonds. The number of rotatable bonds is 12. The summed E-state index contributed by atoms with van der Waals surface area (Å²) in [4.78, 5) is 41.8. The molecule has 11 heteroatoms. The quantitative estimate of drug-likeness (QED) is 0.145. The summed E-state index contributed by atoms with van der Waals surface area (Å²) in [6.45, 7) is 1.45. The molecule has 1 fully saturated rings. The molecule has 5 rings (SSSR count). The second-order valence-corrected chi connectivity index (χ2v) is 13.2. The number of halogens is 3. The number of alkyl halides is 3. The number of nitrogens with one attached hydrogen (secondary N) is 2. The molecule has 7 nitrogen and oxygen atoms in total. The lowest BCUT2D eigenvalue weighted by Gasteiger charge is -2.37. The predicted molar refractivity (Wildman–Crippen MR) is 192 cm³/mol. The minimum absolute atomic E-state index is 0.0655. The van der Waals surface area contributed by atoms with Crippen LogP contribution in [0.1, 0.15) is 46.7 Å². The molecule has 1 aliphatic heterocycles. The van der Waals surface area contributed by atoms with E-state index in [0.29, 0.717) is 34.6 Å². The third kappa shape index (κ3) is 9.06. The van der Waals surface area contributed by atoms with Gasteiger partial charge in [0.05, 0.1) is 18.6 Å². The number of hydrogen-bond acceptors (Lipinski definition) is 6. The number of anilines is 2. The first-order chi connectivity index (χ1) is 24.1. The van der Waals surface area contributed by atoms with Crippen LogP contribution >= 0.6 is 11.8 Å². The van der Waals surface area contributed by atoms with E-state index in [1.807, 2.05) is 60.9 Å². The molecule has 1 aliphatic rings. The van der Waals surface area contributed by atoms with Gasteiger partial charge in [0.1, 0.15) is 6.04 Å². The van der Waals surface area contributed by atoms with E-state index in [1.165, 1.54) is 19.2 Å². The molecule has 0 aliphatic carbocycles. The Morgan fingerprint density at radius 1 is 0.880 bits per heavy atom. The Balaban J connectivity index is 1.23. The summed E-state index contributed by atoms with van der Waals surface area (Å²) in [6, 6.07) is 28.0. The van der Waals surface area contributed by atoms with Gasteiger partial charge in [0.2, 0.25) is 5.91 Å². The first-order valence-electron chi connectivity index (χ1n) is 16.4. The van der Waals surface area contributed by atoms with Gasteiger partial charge < -0.3 is 20.3 Å². The lowest BCUT2D eigenvalue weighted by atomic mass is 9.79. The van der Waals surface area contributed by atoms with Gasteiger partial charge in [0.25, 0.3) is 5.91 Å². The van der Waals surface area contributed by atoms with Gasteiger partial charge in [-0.3, -0.25) is 9.59 Å². The lowest BCUT2D eigenvalue weighted by molar-refractivity contribution is -0.145. The van der Waals surface area contributed by atoms with Gasteiger partial charge >= 0.3 is 12.1 Å². The first-order valence-corrected chi connectivity index (χ1v) is 17.8. The van der Waals surface area contributed by atoms with Crippen LogP contribution in [0.15, 0.2) is 103 Å². The fraction of sp³-hybridized carbons (Fsp3) is 0.308. The van der Waals surface area contributed by atoms with E-state index in [1.54, 1.807) is 36.0 Å². The number of nitrogens with zero attached hydrogens (tertiary/aromatic N) is 1. The minimum Gasteiger partial charge on any atom is -0.467 e. The maximum atomic E-state index is 13.8. The van der Waals surface area contributed by atoms with Crippen LogP contribution in [0.5, 0.6) is 0 Å². The van der Waals surface area contributed by atoms with E-state index in [-0.39, 0.29) is 17.7 Å². The van der Waals surface area contributed by atoms with Crippen LogP contribution in [0.25, 0.3) is 11.1 Å². The second-order valence-electron chi connectivity index (χ2n) is 12.2. The third-order valence-corrected chi connectivity index (χ3v) is 9.69. The number of methoxy groups -OCH3 is 1. The summed E-state index contributed by atoms with van der Waals surface area (Å²) < 4.78 is 44.2. The van der Waals surface area contributed by atoms with Crippen LogP contribution in [0.4, 0.5) is 24.5 Å². The highest BCUT2D eigenvalue weighted by molar-refractivity contribution is 7.98. The molecule has 50 heavy (non-hydrogen) atoms.